The van der Waals surface area contributed by atoms with Crippen LogP contribution in [0.5, 0.6) is 0 Å². The van der Waals surface area contributed by atoms with Gasteiger partial charge in [0.15, 0.2) is 0 Å². The topological polar surface area (TPSA) is 71.4 Å². The molecule has 0 bridgehead atoms. The maximum Gasteiger partial charge on any atom is 0.335 e. The maximum absolute atomic E-state index is 13.3. The Bertz CT molecular complexity index is 1350. The molecule has 1 fully saturated rings. The lowest BCUT2D eigenvalue weighted by Gasteiger charge is -2.26. The van der Waals surface area contributed by atoms with Crippen molar-refractivity contribution in [3.63, 3.8) is 0 Å². The Morgan fingerprint density at radius 1 is 0.857 bits per heavy atom. The second kappa shape index (κ2) is 9.74. The predicted octanol–water partition coefficient (Wildman–Crippen LogP) is 5.72. The first kappa shape index (κ1) is 24.2. The molecule has 1 aliphatic heterocycles. The van der Waals surface area contributed by atoms with Crippen LogP contribution in [0.4, 0.5) is 10.5 Å². The van der Waals surface area contributed by atoms with Crippen LogP contribution in [0.1, 0.15) is 53.4 Å². The molecule has 0 radical (unpaired) electrons. The minimum Gasteiger partial charge on any atom is -0.318 e. The average molecular weight is 470 g/mol. The number of aromatic nitrogens is 1. The molecular formula is C29H31N3O3. The molecule has 1 saturated heterocycles. The molecule has 6 nitrogen and oxygen atoms in total. The van der Waals surface area contributed by atoms with E-state index < -0.39 is 17.8 Å². The standard InChI is InChI=1S/C29H31N3O3/c1-6-7-8-22-10-13-24(14-11-22)31-20(4)16-23(21(31)5)17-26-27(33)30-29(35)32(28(26)34)25-12-9-18(2)19(3)15-25/h9-17H,6-8H2,1-5H3,(H,30,33,35)/b26-17+. The van der Waals surface area contributed by atoms with Crippen LogP contribution >= 0.6 is 0 Å². The van der Waals surface area contributed by atoms with Gasteiger partial charge in [-0.2, -0.15) is 0 Å². The molecule has 0 atom stereocenters. The van der Waals surface area contributed by atoms with Crippen LogP contribution in [0.15, 0.2) is 54.1 Å². The van der Waals surface area contributed by atoms with Gasteiger partial charge in [0, 0.05) is 17.1 Å². The molecule has 2 heterocycles. The Kier molecular flexibility index (Phi) is 6.74. The van der Waals surface area contributed by atoms with E-state index in [0.717, 1.165) is 57.9 Å². The van der Waals surface area contributed by atoms with Crippen LogP contribution in [0.3, 0.4) is 0 Å². The summed E-state index contributed by atoms with van der Waals surface area (Å²) in [5.74, 6) is -1.32. The molecule has 0 spiro atoms. The molecule has 1 aliphatic rings. The Balaban J connectivity index is 1.69. The van der Waals surface area contributed by atoms with Crippen molar-refractivity contribution in [2.45, 2.75) is 53.9 Å². The van der Waals surface area contributed by atoms with Crippen molar-refractivity contribution in [2.75, 3.05) is 4.90 Å². The number of carbonyl (C=O) groups is 3. The number of nitrogens with zero attached hydrogens (tertiary/aromatic N) is 2. The van der Waals surface area contributed by atoms with Crippen molar-refractivity contribution in [3.05, 3.63) is 87.7 Å². The zero-order chi connectivity index (χ0) is 25.3. The van der Waals surface area contributed by atoms with Crippen LogP contribution in [0.2, 0.25) is 0 Å². The number of aryl methyl sites for hydroxylation is 4. The normalized spacial score (nSPS) is 15.2. The van der Waals surface area contributed by atoms with E-state index in [2.05, 4.69) is 41.1 Å². The Hall–Kier alpha value is -3.93. The number of benzene rings is 2. The third-order valence-corrected chi connectivity index (χ3v) is 6.63. The van der Waals surface area contributed by atoms with Crippen molar-refractivity contribution in [1.82, 2.24) is 9.88 Å². The molecule has 2 aromatic carbocycles. The summed E-state index contributed by atoms with van der Waals surface area (Å²) in [7, 11) is 0. The highest BCUT2D eigenvalue weighted by atomic mass is 16.2. The summed E-state index contributed by atoms with van der Waals surface area (Å²) in [6, 6.07) is 15.0. The Morgan fingerprint density at radius 3 is 2.20 bits per heavy atom. The molecule has 4 rings (SSSR count). The van der Waals surface area contributed by atoms with Crippen LogP contribution in [-0.4, -0.2) is 22.4 Å². The predicted molar refractivity (Wildman–Crippen MR) is 139 cm³/mol. The quantitative estimate of drug-likeness (QED) is 0.371. The molecule has 1 N–H and O–H groups in total. The van der Waals surface area contributed by atoms with Crippen LogP contribution in [0, 0.1) is 27.7 Å². The molecule has 3 aromatic rings. The zero-order valence-corrected chi connectivity index (χ0v) is 20.9. The molecule has 0 saturated carbocycles. The number of nitrogens with one attached hydrogen (secondary N) is 1. The fraction of sp³-hybridized carbons (Fsp3) is 0.276. The second-order valence-electron chi connectivity index (χ2n) is 9.16. The minimum atomic E-state index is -0.742. The van der Waals surface area contributed by atoms with Gasteiger partial charge in [0.2, 0.25) is 0 Å². The molecule has 4 amide bonds. The van der Waals surface area contributed by atoms with Gasteiger partial charge in [-0.3, -0.25) is 14.9 Å². The number of amides is 4. The number of rotatable bonds is 6. The molecule has 0 unspecified atom stereocenters. The van der Waals surface area contributed by atoms with Crippen molar-refractivity contribution < 1.29 is 14.4 Å². The first-order chi connectivity index (χ1) is 16.7. The summed E-state index contributed by atoms with van der Waals surface area (Å²) in [6.45, 7) is 10.0. The summed E-state index contributed by atoms with van der Waals surface area (Å²) < 4.78 is 2.10. The molecule has 35 heavy (non-hydrogen) atoms. The number of barbiturate groups is 1. The maximum atomic E-state index is 13.3. The van der Waals surface area contributed by atoms with Gasteiger partial charge in [0.25, 0.3) is 11.8 Å². The monoisotopic (exact) mass is 469 g/mol. The van der Waals surface area contributed by atoms with E-state index in [0.29, 0.717) is 5.69 Å². The highest BCUT2D eigenvalue weighted by Gasteiger charge is 2.37. The van der Waals surface area contributed by atoms with E-state index in [1.807, 2.05) is 39.8 Å². The Labute approximate surface area is 206 Å². The summed E-state index contributed by atoms with van der Waals surface area (Å²) in [5.41, 5.74) is 7.35. The van der Waals surface area contributed by atoms with Gasteiger partial charge >= 0.3 is 6.03 Å². The van der Waals surface area contributed by atoms with Gasteiger partial charge in [-0.1, -0.05) is 31.5 Å². The molecule has 180 valence electrons. The van der Waals surface area contributed by atoms with Gasteiger partial charge < -0.3 is 4.57 Å². The zero-order valence-electron chi connectivity index (χ0n) is 20.9. The number of unbranched alkanes of at least 4 members (excludes halogenated alkanes) is 1. The minimum absolute atomic E-state index is 0.0713. The molecule has 0 aliphatic carbocycles. The van der Waals surface area contributed by atoms with Gasteiger partial charge in [-0.05, 0) is 99.2 Å². The number of carbonyl (C=O) groups excluding carboxylic acids is 3. The first-order valence-electron chi connectivity index (χ1n) is 12.0. The van der Waals surface area contributed by atoms with Crippen LogP contribution in [0.25, 0.3) is 11.8 Å². The van der Waals surface area contributed by atoms with Crippen LogP contribution in [-0.2, 0) is 16.0 Å². The highest BCUT2D eigenvalue weighted by molar-refractivity contribution is 6.39. The number of imide groups is 2. The largest absolute Gasteiger partial charge is 0.335 e. The summed E-state index contributed by atoms with van der Waals surface area (Å²) in [6.07, 6.45) is 4.96. The van der Waals surface area contributed by atoms with Crippen molar-refractivity contribution >= 4 is 29.6 Å². The first-order valence-corrected chi connectivity index (χ1v) is 12.0. The van der Waals surface area contributed by atoms with Crippen molar-refractivity contribution in [3.8, 4) is 5.69 Å². The lowest BCUT2D eigenvalue weighted by Crippen LogP contribution is -2.54. The number of hydrogen-bond acceptors (Lipinski definition) is 3. The van der Waals surface area contributed by atoms with Gasteiger partial charge in [0.05, 0.1) is 5.69 Å². The molecular weight excluding hydrogens is 438 g/mol. The third-order valence-electron chi connectivity index (χ3n) is 6.63. The van der Waals surface area contributed by atoms with E-state index >= 15 is 0 Å². The Morgan fingerprint density at radius 2 is 1.54 bits per heavy atom. The average Bonchev–Trinajstić information content (AvgIpc) is 3.10. The van der Waals surface area contributed by atoms with E-state index in [4.69, 9.17) is 0 Å². The lowest BCUT2D eigenvalue weighted by atomic mass is 10.1. The van der Waals surface area contributed by atoms with Gasteiger partial charge in [-0.15, -0.1) is 0 Å². The number of urea groups is 1. The summed E-state index contributed by atoms with van der Waals surface area (Å²) in [4.78, 5) is 39.5. The second-order valence-corrected chi connectivity index (χ2v) is 9.16. The fourth-order valence-corrected chi connectivity index (χ4v) is 4.44. The third kappa shape index (κ3) is 4.69. The fourth-order valence-electron chi connectivity index (χ4n) is 4.44. The SMILES string of the molecule is CCCCc1ccc(-n2c(C)cc(/C=C3\C(=O)NC(=O)N(c4ccc(C)c(C)c4)C3=O)c2C)cc1. The highest BCUT2D eigenvalue weighted by Crippen LogP contribution is 2.27. The van der Waals surface area contributed by atoms with E-state index in [9.17, 15) is 14.4 Å². The molecule has 1 aromatic heterocycles. The smallest absolute Gasteiger partial charge is 0.318 e. The summed E-state index contributed by atoms with van der Waals surface area (Å²) in [5, 5.41) is 2.31. The van der Waals surface area contributed by atoms with Crippen LogP contribution < -0.4 is 10.2 Å². The number of anilines is 1. The lowest BCUT2D eigenvalue weighted by molar-refractivity contribution is -0.122. The van der Waals surface area contributed by atoms with Crippen molar-refractivity contribution in [2.24, 2.45) is 0 Å². The molecule has 6 heteroatoms. The summed E-state index contributed by atoms with van der Waals surface area (Å²) >= 11 is 0. The van der Waals surface area contributed by atoms with E-state index in [-0.39, 0.29) is 5.57 Å². The van der Waals surface area contributed by atoms with E-state index in [1.54, 1.807) is 18.2 Å². The van der Waals surface area contributed by atoms with Gasteiger partial charge in [-0.25, -0.2) is 9.69 Å². The van der Waals surface area contributed by atoms with E-state index in [1.165, 1.54) is 5.56 Å². The van der Waals surface area contributed by atoms with Crippen molar-refractivity contribution in [1.29, 1.82) is 0 Å². The number of hydrogen-bond donors (Lipinski definition) is 1. The van der Waals surface area contributed by atoms with Gasteiger partial charge in [0.1, 0.15) is 5.57 Å².